The molecule has 0 spiro atoms. The first-order valence-corrected chi connectivity index (χ1v) is 8.70. The minimum Gasteiger partial charge on any atom is -0.392 e. The Morgan fingerprint density at radius 2 is 2.09 bits per heavy atom. The molecule has 1 N–H and O–H groups in total. The molecule has 1 saturated carbocycles. The van der Waals surface area contributed by atoms with E-state index in [9.17, 15) is 4.79 Å². The lowest BCUT2D eigenvalue weighted by molar-refractivity contribution is -0.143. The predicted octanol–water partition coefficient (Wildman–Crippen LogP) is 4.68. The van der Waals surface area contributed by atoms with Crippen molar-refractivity contribution in [3.05, 3.63) is 23.3 Å². The fourth-order valence-corrected chi connectivity index (χ4v) is 5.03. The van der Waals surface area contributed by atoms with E-state index in [1.54, 1.807) is 0 Å². The molecule has 0 aromatic heterocycles. The van der Waals surface area contributed by atoms with Crippen LogP contribution in [0.15, 0.2) is 23.3 Å². The lowest BCUT2D eigenvalue weighted by Gasteiger charge is -2.56. The van der Waals surface area contributed by atoms with Gasteiger partial charge in [0.25, 0.3) is 0 Å². The predicted molar refractivity (Wildman–Crippen MR) is 91.6 cm³/mol. The number of rotatable bonds is 4. The van der Waals surface area contributed by atoms with Gasteiger partial charge in [-0.1, -0.05) is 44.1 Å². The number of carbonyl (C=O) groups is 1. The minimum atomic E-state index is -0.196. The van der Waals surface area contributed by atoms with Crippen LogP contribution < -0.4 is 0 Å². The van der Waals surface area contributed by atoms with Crippen LogP contribution in [-0.2, 0) is 4.79 Å². The van der Waals surface area contributed by atoms with Crippen LogP contribution >= 0.6 is 0 Å². The molecule has 0 aromatic rings. The highest BCUT2D eigenvalue weighted by Crippen LogP contribution is 2.59. The van der Waals surface area contributed by atoms with Crippen LogP contribution in [0.25, 0.3) is 0 Å². The van der Waals surface area contributed by atoms with Crippen molar-refractivity contribution in [2.75, 3.05) is 6.61 Å². The van der Waals surface area contributed by atoms with E-state index in [0.717, 1.165) is 32.1 Å². The number of fused-ring (bicyclic) bond motifs is 1. The zero-order valence-electron chi connectivity index (χ0n) is 14.9. The van der Waals surface area contributed by atoms with Crippen molar-refractivity contribution >= 4 is 5.78 Å². The maximum atomic E-state index is 12.4. The van der Waals surface area contributed by atoms with Crippen molar-refractivity contribution in [3.8, 4) is 0 Å². The fourth-order valence-electron chi connectivity index (χ4n) is 5.03. The number of ketones is 1. The third-order valence-corrected chi connectivity index (χ3v) is 6.56. The monoisotopic (exact) mass is 304 g/mol. The molecule has 0 heterocycles. The maximum absolute atomic E-state index is 12.4. The summed E-state index contributed by atoms with van der Waals surface area (Å²) in [7, 11) is 0. The van der Waals surface area contributed by atoms with E-state index >= 15 is 0 Å². The molecule has 2 rings (SSSR count). The number of allylic oxidation sites excluding steroid dienone is 3. The number of hydrogen-bond donors (Lipinski definition) is 1. The van der Waals surface area contributed by atoms with E-state index < -0.39 is 0 Å². The molecule has 124 valence electrons. The van der Waals surface area contributed by atoms with Gasteiger partial charge in [-0.05, 0) is 56.8 Å². The molecule has 22 heavy (non-hydrogen) atoms. The van der Waals surface area contributed by atoms with Crippen LogP contribution in [0.3, 0.4) is 0 Å². The Balaban J connectivity index is 2.26. The number of carbonyl (C=O) groups excluding carboxylic acids is 1. The Morgan fingerprint density at radius 1 is 1.41 bits per heavy atom. The molecule has 0 aromatic carbocycles. The van der Waals surface area contributed by atoms with Crippen molar-refractivity contribution in [3.63, 3.8) is 0 Å². The largest absolute Gasteiger partial charge is 0.392 e. The molecule has 3 atom stereocenters. The first-order chi connectivity index (χ1) is 10.2. The van der Waals surface area contributed by atoms with E-state index in [1.807, 2.05) is 6.08 Å². The number of aliphatic hydroxyl groups is 1. The van der Waals surface area contributed by atoms with Gasteiger partial charge in [0.1, 0.15) is 5.78 Å². The summed E-state index contributed by atoms with van der Waals surface area (Å²) in [6, 6.07) is 0. The summed E-state index contributed by atoms with van der Waals surface area (Å²) < 4.78 is 0. The Morgan fingerprint density at radius 3 is 2.73 bits per heavy atom. The third kappa shape index (κ3) is 2.95. The average Bonchev–Trinajstić information content (AvgIpc) is 2.43. The van der Waals surface area contributed by atoms with Crippen LogP contribution in [0.2, 0.25) is 0 Å². The van der Waals surface area contributed by atoms with Crippen molar-refractivity contribution < 1.29 is 9.90 Å². The van der Waals surface area contributed by atoms with Crippen LogP contribution in [0.5, 0.6) is 0 Å². The molecular weight excluding hydrogens is 272 g/mol. The van der Waals surface area contributed by atoms with Gasteiger partial charge in [-0.3, -0.25) is 4.79 Å². The second-order valence-corrected chi connectivity index (χ2v) is 8.21. The Bertz CT molecular complexity index is 498. The smallest absolute Gasteiger partial charge is 0.138 e. The van der Waals surface area contributed by atoms with Crippen molar-refractivity contribution in [2.45, 2.75) is 66.7 Å². The number of Topliss-reactive ketones (excluding diaryl/α,β-unsaturated/α-hetero) is 1. The highest BCUT2D eigenvalue weighted by molar-refractivity contribution is 5.85. The van der Waals surface area contributed by atoms with Crippen molar-refractivity contribution in [2.24, 2.45) is 22.7 Å². The molecule has 0 bridgehead atoms. The van der Waals surface area contributed by atoms with Gasteiger partial charge in [0.05, 0.1) is 6.61 Å². The second kappa shape index (κ2) is 6.31. The molecule has 2 heteroatoms. The summed E-state index contributed by atoms with van der Waals surface area (Å²) in [5, 5.41) is 9.04. The van der Waals surface area contributed by atoms with E-state index in [0.29, 0.717) is 17.6 Å². The number of hydrogen-bond acceptors (Lipinski definition) is 2. The molecule has 0 radical (unpaired) electrons. The lowest BCUT2D eigenvalue weighted by Crippen LogP contribution is -2.52. The maximum Gasteiger partial charge on any atom is 0.138 e. The summed E-state index contributed by atoms with van der Waals surface area (Å²) in [5.41, 5.74) is 2.81. The van der Waals surface area contributed by atoms with Crippen LogP contribution in [0.4, 0.5) is 0 Å². The van der Waals surface area contributed by atoms with E-state index in [-0.39, 0.29) is 17.4 Å². The van der Waals surface area contributed by atoms with Gasteiger partial charge >= 0.3 is 0 Å². The zero-order valence-corrected chi connectivity index (χ0v) is 14.9. The molecule has 0 amide bonds. The van der Waals surface area contributed by atoms with Crippen LogP contribution in [0.1, 0.15) is 66.7 Å². The lowest BCUT2D eigenvalue weighted by atomic mass is 9.48. The van der Waals surface area contributed by atoms with Crippen LogP contribution in [-0.4, -0.2) is 17.5 Å². The Hall–Kier alpha value is -0.890. The molecule has 0 aliphatic heterocycles. The van der Waals surface area contributed by atoms with Gasteiger partial charge < -0.3 is 5.11 Å². The number of aliphatic hydroxyl groups excluding tert-OH is 1. The van der Waals surface area contributed by atoms with E-state index in [4.69, 9.17) is 5.11 Å². The van der Waals surface area contributed by atoms with Gasteiger partial charge in [0, 0.05) is 11.8 Å². The van der Waals surface area contributed by atoms with Crippen LogP contribution in [0, 0.1) is 22.7 Å². The summed E-state index contributed by atoms with van der Waals surface area (Å²) in [6.45, 7) is 11.2. The molecule has 0 saturated heterocycles. The van der Waals surface area contributed by atoms with Crippen molar-refractivity contribution in [1.29, 1.82) is 0 Å². The normalized spacial score (nSPS) is 35.1. The summed E-state index contributed by atoms with van der Waals surface area (Å²) in [4.78, 5) is 12.4. The van der Waals surface area contributed by atoms with Gasteiger partial charge in [0.15, 0.2) is 0 Å². The quantitative estimate of drug-likeness (QED) is 0.765. The third-order valence-electron chi connectivity index (χ3n) is 6.56. The average molecular weight is 304 g/mol. The molecule has 2 aliphatic rings. The topological polar surface area (TPSA) is 37.3 Å². The van der Waals surface area contributed by atoms with E-state index in [2.05, 4.69) is 40.7 Å². The molecule has 1 fully saturated rings. The van der Waals surface area contributed by atoms with Gasteiger partial charge in [-0.2, -0.15) is 0 Å². The Labute approximate surface area is 135 Å². The first-order valence-electron chi connectivity index (χ1n) is 8.70. The minimum absolute atomic E-state index is 0.132. The van der Waals surface area contributed by atoms with Gasteiger partial charge in [-0.25, -0.2) is 0 Å². The zero-order chi connectivity index (χ0) is 16.5. The SMILES string of the molecule is CC1=CC[C@H]2C(C)(C)C(=O)CC[C@]2(C)[C@H]1CC/C(C)=C/CO. The standard InChI is InChI=1S/C20H32O2/c1-14(11-13-21)6-8-16-15(2)7-9-17-19(3,4)18(22)10-12-20(16,17)5/h7,11,16-17,21H,6,8-10,12-13H2,1-5H3/b14-11+/t16-,17-,20+/m0/s1. The van der Waals surface area contributed by atoms with Crippen molar-refractivity contribution in [1.82, 2.24) is 0 Å². The summed E-state index contributed by atoms with van der Waals surface area (Å²) in [5.74, 6) is 1.45. The van der Waals surface area contributed by atoms with Gasteiger partial charge in [0.2, 0.25) is 0 Å². The van der Waals surface area contributed by atoms with E-state index in [1.165, 1.54) is 11.1 Å². The molecular formula is C20H32O2. The van der Waals surface area contributed by atoms with Gasteiger partial charge in [-0.15, -0.1) is 0 Å². The highest BCUT2D eigenvalue weighted by Gasteiger charge is 2.54. The Kier molecular flexibility index (Phi) is 5.01. The molecule has 0 unspecified atom stereocenters. The molecule has 2 nitrogen and oxygen atoms in total. The first kappa shape index (κ1) is 17.5. The second-order valence-electron chi connectivity index (χ2n) is 8.21. The summed E-state index contributed by atoms with van der Waals surface area (Å²) in [6.07, 6.45) is 9.25. The fraction of sp³-hybridized carbons (Fsp3) is 0.750. The highest BCUT2D eigenvalue weighted by atomic mass is 16.2. The summed E-state index contributed by atoms with van der Waals surface area (Å²) >= 11 is 0. The molecule has 2 aliphatic carbocycles.